The van der Waals surface area contributed by atoms with Gasteiger partial charge in [0.2, 0.25) is 6.79 Å². The molecule has 0 aromatic heterocycles. The van der Waals surface area contributed by atoms with Crippen LogP contribution in [0.2, 0.25) is 0 Å². The second-order valence-corrected chi connectivity index (χ2v) is 7.67. The Kier molecular flexibility index (Phi) is 5.90. The van der Waals surface area contributed by atoms with E-state index in [9.17, 15) is 0 Å². The third-order valence-corrected chi connectivity index (χ3v) is 5.88. The molecule has 2 N–H and O–H groups in total. The SMILES string of the molecule is CN=C(NCc1ccc2c(c1)OCO2)NCC1(c2ccccc2C)CCOCC1. The number of hydrogen-bond donors (Lipinski definition) is 2. The van der Waals surface area contributed by atoms with Gasteiger partial charge in [0, 0.05) is 38.8 Å². The van der Waals surface area contributed by atoms with Gasteiger partial charge in [-0.2, -0.15) is 0 Å². The molecule has 2 aliphatic heterocycles. The van der Waals surface area contributed by atoms with Gasteiger partial charge in [-0.3, -0.25) is 4.99 Å². The number of guanidine groups is 1. The van der Waals surface area contributed by atoms with Gasteiger partial charge in [0.15, 0.2) is 17.5 Å². The Morgan fingerprint density at radius 3 is 2.62 bits per heavy atom. The van der Waals surface area contributed by atoms with Crippen LogP contribution in [0.3, 0.4) is 0 Å². The van der Waals surface area contributed by atoms with Crippen molar-refractivity contribution in [2.24, 2.45) is 4.99 Å². The maximum atomic E-state index is 5.67. The highest BCUT2D eigenvalue weighted by molar-refractivity contribution is 5.79. The molecule has 6 heteroatoms. The van der Waals surface area contributed by atoms with Crippen molar-refractivity contribution in [3.63, 3.8) is 0 Å². The Bertz CT molecular complexity index is 875. The Labute approximate surface area is 172 Å². The molecule has 2 aliphatic rings. The quantitative estimate of drug-likeness (QED) is 0.602. The molecule has 4 rings (SSSR count). The van der Waals surface area contributed by atoms with Gasteiger partial charge in [0.25, 0.3) is 0 Å². The minimum Gasteiger partial charge on any atom is -0.454 e. The summed E-state index contributed by atoms with van der Waals surface area (Å²) in [7, 11) is 1.80. The summed E-state index contributed by atoms with van der Waals surface area (Å²) in [6, 6.07) is 14.7. The average Bonchev–Trinajstić information content (AvgIpc) is 3.23. The largest absolute Gasteiger partial charge is 0.454 e. The zero-order valence-electron chi connectivity index (χ0n) is 17.2. The summed E-state index contributed by atoms with van der Waals surface area (Å²) in [4.78, 5) is 4.41. The zero-order valence-corrected chi connectivity index (χ0v) is 17.2. The van der Waals surface area contributed by atoms with Crippen molar-refractivity contribution in [3.05, 3.63) is 59.2 Å². The Morgan fingerprint density at radius 2 is 1.83 bits per heavy atom. The van der Waals surface area contributed by atoms with Gasteiger partial charge in [-0.1, -0.05) is 30.3 Å². The van der Waals surface area contributed by atoms with Gasteiger partial charge >= 0.3 is 0 Å². The Morgan fingerprint density at radius 1 is 1.03 bits per heavy atom. The predicted molar refractivity (Wildman–Crippen MR) is 114 cm³/mol. The maximum absolute atomic E-state index is 5.67. The molecule has 0 radical (unpaired) electrons. The number of ether oxygens (including phenoxy) is 3. The highest BCUT2D eigenvalue weighted by Crippen LogP contribution is 2.36. The molecule has 1 fully saturated rings. The van der Waals surface area contributed by atoms with Gasteiger partial charge < -0.3 is 24.8 Å². The molecule has 0 spiro atoms. The summed E-state index contributed by atoms with van der Waals surface area (Å²) < 4.78 is 16.5. The molecule has 2 heterocycles. The van der Waals surface area contributed by atoms with E-state index < -0.39 is 0 Å². The van der Waals surface area contributed by atoms with E-state index in [-0.39, 0.29) is 5.41 Å². The topological polar surface area (TPSA) is 64.1 Å². The van der Waals surface area contributed by atoms with E-state index in [0.29, 0.717) is 13.3 Å². The van der Waals surface area contributed by atoms with E-state index in [0.717, 1.165) is 55.6 Å². The lowest BCUT2D eigenvalue weighted by molar-refractivity contribution is 0.0512. The summed E-state index contributed by atoms with van der Waals surface area (Å²) in [6.07, 6.45) is 2.01. The smallest absolute Gasteiger partial charge is 0.231 e. The summed E-state index contributed by atoms with van der Waals surface area (Å²) in [5.41, 5.74) is 3.92. The number of rotatable bonds is 5. The molecule has 0 unspecified atom stereocenters. The fraction of sp³-hybridized carbons (Fsp3) is 0.435. The highest BCUT2D eigenvalue weighted by atomic mass is 16.7. The fourth-order valence-electron chi connectivity index (χ4n) is 4.18. The molecule has 2 aromatic rings. The first-order valence-electron chi connectivity index (χ1n) is 10.2. The fourth-order valence-corrected chi connectivity index (χ4v) is 4.18. The third-order valence-electron chi connectivity index (χ3n) is 5.88. The number of benzene rings is 2. The first-order valence-corrected chi connectivity index (χ1v) is 10.2. The monoisotopic (exact) mass is 395 g/mol. The lowest BCUT2D eigenvalue weighted by atomic mass is 9.72. The highest BCUT2D eigenvalue weighted by Gasteiger charge is 2.35. The summed E-state index contributed by atoms with van der Waals surface area (Å²) in [5.74, 6) is 2.39. The normalized spacial score (nSPS) is 17.8. The van der Waals surface area contributed by atoms with Crippen LogP contribution in [0, 0.1) is 6.92 Å². The van der Waals surface area contributed by atoms with Crippen molar-refractivity contribution in [2.45, 2.75) is 31.7 Å². The van der Waals surface area contributed by atoms with E-state index in [4.69, 9.17) is 14.2 Å². The van der Waals surface area contributed by atoms with Gasteiger partial charge in [-0.15, -0.1) is 0 Å². The van der Waals surface area contributed by atoms with Crippen molar-refractivity contribution in [1.29, 1.82) is 0 Å². The van der Waals surface area contributed by atoms with Crippen LogP contribution in [0.5, 0.6) is 11.5 Å². The van der Waals surface area contributed by atoms with Crippen molar-refractivity contribution < 1.29 is 14.2 Å². The van der Waals surface area contributed by atoms with Crippen molar-refractivity contribution in [2.75, 3.05) is 33.6 Å². The predicted octanol–water partition coefficient (Wildman–Crippen LogP) is 3.14. The van der Waals surface area contributed by atoms with Gasteiger partial charge in [0.05, 0.1) is 0 Å². The van der Waals surface area contributed by atoms with Gasteiger partial charge in [0.1, 0.15) is 0 Å². The number of nitrogens with zero attached hydrogens (tertiary/aromatic N) is 1. The lowest BCUT2D eigenvalue weighted by Crippen LogP contribution is -2.48. The minimum atomic E-state index is 0.0555. The first-order chi connectivity index (χ1) is 14.2. The van der Waals surface area contributed by atoms with E-state index in [1.54, 1.807) is 7.05 Å². The second kappa shape index (κ2) is 8.74. The van der Waals surface area contributed by atoms with E-state index in [2.05, 4.69) is 46.8 Å². The average molecular weight is 396 g/mol. The standard InChI is InChI=1S/C23H29N3O3/c1-17-5-3-4-6-19(17)23(9-11-27-12-10-23)15-26-22(24-2)25-14-18-7-8-20-21(13-18)29-16-28-20/h3-8,13H,9-12,14-16H2,1-2H3,(H2,24,25,26). The van der Waals surface area contributed by atoms with Crippen molar-refractivity contribution in [3.8, 4) is 11.5 Å². The third kappa shape index (κ3) is 4.32. The van der Waals surface area contributed by atoms with Crippen LogP contribution >= 0.6 is 0 Å². The van der Waals surface area contributed by atoms with E-state index in [1.165, 1.54) is 11.1 Å². The van der Waals surface area contributed by atoms with Crippen LogP contribution in [-0.2, 0) is 16.7 Å². The van der Waals surface area contributed by atoms with Crippen LogP contribution in [0.1, 0.15) is 29.5 Å². The zero-order chi connectivity index (χ0) is 20.1. The number of aryl methyl sites for hydroxylation is 1. The maximum Gasteiger partial charge on any atom is 0.231 e. The number of hydrogen-bond acceptors (Lipinski definition) is 4. The molecule has 29 heavy (non-hydrogen) atoms. The summed E-state index contributed by atoms with van der Waals surface area (Å²) >= 11 is 0. The van der Waals surface area contributed by atoms with Crippen LogP contribution in [0.4, 0.5) is 0 Å². The summed E-state index contributed by atoms with van der Waals surface area (Å²) in [5, 5.41) is 6.97. The minimum absolute atomic E-state index is 0.0555. The molecule has 1 saturated heterocycles. The molecule has 0 atom stereocenters. The molecule has 0 saturated carbocycles. The van der Waals surface area contributed by atoms with Gasteiger partial charge in [-0.25, -0.2) is 0 Å². The first kappa shape index (κ1) is 19.6. The summed E-state index contributed by atoms with van der Waals surface area (Å²) in [6.45, 7) is 5.55. The van der Waals surface area contributed by atoms with Crippen molar-refractivity contribution in [1.82, 2.24) is 10.6 Å². The molecule has 0 amide bonds. The Balaban J connectivity index is 1.41. The molecule has 154 valence electrons. The Hall–Kier alpha value is -2.73. The van der Waals surface area contributed by atoms with E-state index >= 15 is 0 Å². The van der Waals surface area contributed by atoms with E-state index in [1.807, 2.05) is 18.2 Å². The molecule has 0 bridgehead atoms. The van der Waals surface area contributed by atoms with Crippen molar-refractivity contribution >= 4 is 5.96 Å². The molecular formula is C23H29N3O3. The molecular weight excluding hydrogens is 366 g/mol. The van der Waals surface area contributed by atoms with Crippen LogP contribution in [-0.4, -0.2) is 39.6 Å². The second-order valence-electron chi connectivity index (χ2n) is 7.67. The van der Waals surface area contributed by atoms with Crippen LogP contribution < -0.4 is 20.1 Å². The van der Waals surface area contributed by atoms with Crippen LogP contribution in [0.25, 0.3) is 0 Å². The number of fused-ring (bicyclic) bond motifs is 1. The number of aliphatic imine (C=N–C) groups is 1. The molecule has 0 aliphatic carbocycles. The van der Waals surface area contributed by atoms with Crippen LogP contribution in [0.15, 0.2) is 47.5 Å². The lowest BCUT2D eigenvalue weighted by Gasteiger charge is -2.39. The molecule has 2 aromatic carbocycles. The number of nitrogens with one attached hydrogen (secondary N) is 2. The van der Waals surface area contributed by atoms with Gasteiger partial charge in [-0.05, 0) is 48.6 Å². The molecule has 6 nitrogen and oxygen atoms in total.